The SMILES string of the molecule is COc1cc([C@@H](CN2CCC2)Nc2ncnc3c(C(N)=O)cccc23)cc(F)c1F. The Hall–Kier alpha value is -3.33. The van der Waals surface area contributed by atoms with Gasteiger partial charge in [-0.1, -0.05) is 6.07 Å². The van der Waals surface area contributed by atoms with Crippen LogP contribution in [0.1, 0.15) is 28.4 Å². The van der Waals surface area contributed by atoms with Crippen LogP contribution in [0.3, 0.4) is 0 Å². The standard InChI is InChI=1S/C21H21F2N5O2/c1-30-17-9-12(8-15(22)18(17)23)16(10-28-6-3-7-28)27-21-14-5-2-4-13(20(24)29)19(14)25-11-26-21/h2,4-5,8-9,11,16H,3,6-7,10H2,1H3,(H2,24,29)(H,25,26,27)/t16-/m1/s1. The topological polar surface area (TPSA) is 93.4 Å². The van der Waals surface area contributed by atoms with Gasteiger partial charge in [-0.2, -0.15) is 4.39 Å². The summed E-state index contributed by atoms with van der Waals surface area (Å²) in [4.78, 5) is 22.5. The van der Waals surface area contributed by atoms with Gasteiger partial charge in [-0.25, -0.2) is 14.4 Å². The van der Waals surface area contributed by atoms with Gasteiger partial charge >= 0.3 is 0 Å². The number of hydrogen-bond acceptors (Lipinski definition) is 6. The number of nitrogens with two attached hydrogens (primary N) is 1. The molecule has 1 saturated heterocycles. The maximum atomic E-state index is 14.2. The first-order chi connectivity index (χ1) is 14.5. The molecule has 0 spiro atoms. The first kappa shape index (κ1) is 20.0. The van der Waals surface area contributed by atoms with Crippen LogP contribution in [0.5, 0.6) is 5.75 Å². The second-order valence-electron chi connectivity index (χ2n) is 7.16. The van der Waals surface area contributed by atoms with Crippen molar-refractivity contribution in [3.63, 3.8) is 0 Å². The van der Waals surface area contributed by atoms with Gasteiger partial charge in [0.25, 0.3) is 5.91 Å². The Labute approximate surface area is 171 Å². The molecule has 1 aromatic heterocycles. The molecule has 1 aliphatic heterocycles. The van der Waals surface area contributed by atoms with Gasteiger partial charge in [-0.15, -0.1) is 0 Å². The van der Waals surface area contributed by atoms with E-state index >= 15 is 0 Å². The number of fused-ring (bicyclic) bond motifs is 1. The molecular formula is C21H21F2N5O2. The Balaban J connectivity index is 1.76. The van der Waals surface area contributed by atoms with Crippen molar-refractivity contribution in [2.75, 3.05) is 32.1 Å². The van der Waals surface area contributed by atoms with E-state index in [0.29, 0.717) is 28.8 Å². The van der Waals surface area contributed by atoms with E-state index in [1.165, 1.54) is 19.5 Å². The molecule has 1 atom stereocenters. The molecule has 0 saturated carbocycles. The number of nitrogens with one attached hydrogen (secondary N) is 1. The molecule has 0 aliphatic carbocycles. The first-order valence-electron chi connectivity index (χ1n) is 9.53. The number of primary amides is 1. The highest BCUT2D eigenvalue weighted by Gasteiger charge is 2.24. The summed E-state index contributed by atoms with van der Waals surface area (Å²) in [6.07, 6.45) is 2.43. The molecule has 2 aromatic carbocycles. The molecule has 3 N–H and O–H groups in total. The zero-order valence-electron chi connectivity index (χ0n) is 16.4. The van der Waals surface area contributed by atoms with Crippen LogP contribution >= 0.6 is 0 Å². The monoisotopic (exact) mass is 413 g/mol. The van der Waals surface area contributed by atoms with E-state index in [-0.39, 0.29) is 11.3 Å². The summed E-state index contributed by atoms with van der Waals surface area (Å²) in [5.74, 6) is -2.29. The summed E-state index contributed by atoms with van der Waals surface area (Å²) in [5, 5.41) is 3.92. The lowest BCUT2D eigenvalue weighted by atomic mass is 10.0. The second-order valence-corrected chi connectivity index (χ2v) is 7.16. The Bertz CT molecular complexity index is 1100. The van der Waals surface area contributed by atoms with Crippen LogP contribution in [0, 0.1) is 11.6 Å². The number of nitrogens with zero attached hydrogens (tertiary/aromatic N) is 3. The molecule has 0 radical (unpaired) electrons. The molecule has 9 heteroatoms. The van der Waals surface area contributed by atoms with Gasteiger partial charge in [0.1, 0.15) is 12.1 Å². The van der Waals surface area contributed by atoms with E-state index in [4.69, 9.17) is 10.5 Å². The van der Waals surface area contributed by atoms with E-state index in [1.807, 2.05) is 0 Å². The number of anilines is 1. The van der Waals surface area contributed by atoms with Crippen molar-refractivity contribution < 1.29 is 18.3 Å². The highest BCUT2D eigenvalue weighted by atomic mass is 19.2. The van der Waals surface area contributed by atoms with Gasteiger partial charge in [0.2, 0.25) is 5.82 Å². The third-order valence-corrected chi connectivity index (χ3v) is 5.27. The van der Waals surface area contributed by atoms with E-state index < -0.39 is 23.6 Å². The molecule has 0 bridgehead atoms. The molecule has 7 nitrogen and oxygen atoms in total. The largest absolute Gasteiger partial charge is 0.494 e. The number of para-hydroxylation sites is 1. The number of hydrogen-bond donors (Lipinski definition) is 2. The van der Waals surface area contributed by atoms with Crippen molar-refractivity contribution in [2.45, 2.75) is 12.5 Å². The van der Waals surface area contributed by atoms with Crippen LogP contribution in [-0.2, 0) is 0 Å². The number of likely N-dealkylation sites (tertiary alicyclic amines) is 1. The third-order valence-electron chi connectivity index (χ3n) is 5.27. The number of carbonyl (C=O) groups is 1. The number of aromatic nitrogens is 2. The van der Waals surface area contributed by atoms with E-state index in [1.54, 1.807) is 18.2 Å². The number of benzene rings is 2. The molecule has 30 heavy (non-hydrogen) atoms. The van der Waals surface area contributed by atoms with E-state index in [9.17, 15) is 13.6 Å². The number of ether oxygens (including phenoxy) is 1. The van der Waals surface area contributed by atoms with Crippen LogP contribution in [0.15, 0.2) is 36.7 Å². The minimum absolute atomic E-state index is 0.163. The van der Waals surface area contributed by atoms with Crippen molar-refractivity contribution in [3.05, 3.63) is 59.4 Å². The van der Waals surface area contributed by atoms with Gasteiger partial charge in [0.15, 0.2) is 11.6 Å². The Kier molecular flexibility index (Phi) is 5.45. The Morgan fingerprint density at radius 1 is 1.30 bits per heavy atom. The summed E-state index contributed by atoms with van der Waals surface area (Å²) < 4.78 is 33.1. The fourth-order valence-corrected chi connectivity index (χ4v) is 3.56. The van der Waals surface area contributed by atoms with E-state index in [0.717, 1.165) is 25.6 Å². The lowest BCUT2D eigenvalue weighted by Gasteiger charge is -2.35. The number of amides is 1. The van der Waals surface area contributed by atoms with Gasteiger partial charge < -0.3 is 20.7 Å². The number of carbonyl (C=O) groups excluding carboxylic acids is 1. The lowest BCUT2D eigenvalue weighted by Crippen LogP contribution is -2.41. The molecule has 3 aromatic rings. The van der Waals surface area contributed by atoms with Gasteiger partial charge in [0, 0.05) is 11.9 Å². The van der Waals surface area contributed by atoms with Crippen molar-refractivity contribution in [1.29, 1.82) is 0 Å². The van der Waals surface area contributed by atoms with Crippen LogP contribution in [0.25, 0.3) is 10.9 Å². The number of halogens is 2. The predicted octanol–water partition coefficient (Wildman–Crippen LogP) is 2.87. The molecule has 156 valence electrons. The average molecular weight is 413 g/mol. The molecule has 4 rings (SSSR count). The quantitative estimate of drug-likeness (QED) is 0.619. The highest BCUT2D eigenvalue weighted by molar-refractivity contribution is 6.06. The fourth-order valence-electron chi connectivity index (χ4n) is 3.56. The zero-order valence-corrected chi connectivity index (χ0v) is 16.4. The summed E-state index contributed by atoms with van der Waals surface area (Å²) in [6, 6.07) is 7.31. The summed E-state index contributed by atoms with van der Waals surface area (Å²) in [6.45, 7) is 2.42. The minimum atomic E-state index is -1.03. The fraction of sp³-hybridized carbons (Fsp3) is 0.286. The summed E-state index contributed by atoms with van der Waals surface area (Å²) in [7, 11) is 1.29. The molecule has 1 fully saturated rings. The highest BCUT2D eigenvalue weighted by Crippen LogP contribution is 2.31. The molecule has 1 aliphatic rings. The van der Waals surface area contributed by atoms with Crippen LogP contribution in [0.2, 0.25) is 0 Å². The maximum absolute atomic E-state index is 14.2. The molecule has 0 unspecified atom stereocenters. The Morgan fingerprint density at radius 3 is 2.77 bits per heavy atom. The molecule has 1 amide bonds. The zero-order chi connectivity index (χ0) is 21.3. The second kappa shape index (κ2) is 8.19. The molecule has 2 heterocycles. The van der Waals surface area contributed by atoms with Crippen molar-refractivity contribution in [3.8, 4) is 5.75 Å². The van der Waals surface area contributed by atoms with Gasteiger partial charge in [-0.3, -0.25) is 4.79 Å². The van der Waals surface area contributed by atoms with Crippen molar-refractivity contribution >= 4 is 22.6 Å². The van der Waals surface area contributed by atoms with E-state index in [2.05, 4.69) is 20.2 Å². The minimum Gasteiger partial charge on any atom is -0.494 e. The lowest BCUT2D eigenvalue weighted by molar-refractivity contribution is 0.100. The van der Waals surface area contributed by atoms with Crippen molar-refractivity contribution in [2.24, 2.45) is 5.73 Å². The van der Waals surface area contributed by atoms with Crippen LogP contribution < -0.4 is 15.8 Å². The first-order valence-corrected chi connectivity index (χ1v) is 9.53. The maximum Gasteiger partial charge on any atom is 0.250 e. The van der Waals surface area contributed by atoms with Crippen molar-refractivity contribution in [1.82, 2.24) is 14.9 Å². The third kappa shape index (κ3) is 3.76. The van der Waals surface area contributed by atoms with Gasteiger partial charge in [0.05, 0.1) is 24.2 Å². The number of rotatable bonds is 7. The predicted molar refractivity (Wildman–Crippen MR) is 108 cm³/mol. The van der Waals surface area contributed by atoms with Crippen LogP contribution in [0.4, 0.5) is 14.6 Å². The normalized spacial score (nSPS) is 14.9. The molecular weight excluding hydrogens is 392 g/mol. The van der Waals surface area contributed by atoms with Gasteiger partial charge in [-0.05, 0) is 49.3 Å². The van der Waals surface area contributed by atoms with Crippen LogP contribution in [-0.4, -0.2) is 47.5 Å². The average Bonchev–Trinajstić information content (AvgIpc) is 2.71. The summed E-state index contributed by atoms with van der Waals surface area (Å²) in [5.41, 5.74) is 6.69. The number of methoxy groups -OCH3 is 1. The Morgan fingerprint density at radius 2 is 2.10 bits per heavy atom. The smallest absolute Gasteiger partial charge is 0.250 e. The summed E-state index contributed by atoms with van der Waals surface area (Å²) >= 11 is 0.